The molecule has 0 radical (unpaired) electrons. The van der Waals surface area contributed by atoms with Crippen LogP contribution in [0.15, 0.2) is 18.2 Å². The van der Waals surface area contributed by atoms with Gasteiger partial charge < -0.3 is 15.4 Å². The van der Waals surface area contributed by atoms with Gasteiger partial charge in [-0.05, 0) is 42.9 Å². The van der Waals surface area contributed by atoms with Crippen LogP contribution in [0, 0.1) is 17.7 Å². The smallest absolute Gasteiger partial charge is 0.254 e. The van der Waals surface area contributed by atoms with E-state index in [9.17, 15) is 9.18 Å². The predicted octanol–water partition coefficient (Wildman–Crippen LogP) is 1.64. The summed E-state index contributed by atoms with van der Waals surface area (Å²) in [7, 11) is 1.39. The largest absolute Gasteiger partial charge is 0.494 e. The predicted molar refractivity (Wildman–Crippen MR) is 73.0 cm³/mol. The minimum Gasteiger partial charge on any atom is -0.494 e. The fraction of sp³-hybridized carbons (Fsp3) is 0.533. The van der Waals surface area contributed by atoms with E-state index < -0.39 is 5.82 Å². The number of hydrogen-bond donors (Lipinski definition) is 1. The van der Waals surface area contributed by atoms with E-state index in [0.29, 0.717) is 23.9 Å². The summed E-state index contributed by atoms with van der Waals surface area (Å²) in [6.07, 6.45) is 2.16. The van der Waals surface area contributed by atoms with Gasteiger partial charge in [-0.25, -0.2) is 4.39 Å². The zero-order chi connectivity index (χ0) is 14.3. The Bertz CT molecular complexity index is 535. The van der Waals surface area contributed by atoms with Crippen LogP contribution in [0.25, 0.3) is 0 Å². The number of amides is 1. The number of carbonyl (C=O) groups excluding carboxylic acids is 1. The number of nitrogens with zero attached hydrogens (tertiary/aromatic N) is 1. The Hall–Kier alpha value is -1.62. The molecule has 1 aliphatic carbocycles. The van der Waals surface area contributed by atoms with Crippen molar-refractivity contribution in [3.05, 3.63) is 29.6 Å². The number of methoxy groups -OCH3 is 1. The molecule has 3 rings (SSSR count). The first-order valence-electron chi connectivity index (χ1n) is 6.98. The van der Waals surface area contributed by atoms with Gasteiger partial charge in [0.25, 0.3) is 5.91 Å². The van der Waals surface area contributed by atoms with Crippen molar-refractivity contribution in [1.29, 1.82) is 0 Å². The highest BCUT2D eigenvalue weighted by atomic mass is 19.1. The van der Waals surface area contributed by atoms with E-state index in [2.05, 4.69) is 0 Å². The SMILES string of the molecule is COc1cc(C(=O)N2CC3CCC(N)C3C2)ccc1F. The maximum atomic E-state index is 13.4. The average molecular weight is 278 g/mol. The molecule has 0 spiro atoms. The normalized spacial score (nSPS) is 28.6. The number of fused-ring (bicyclic) bond motifs is 1. The van der Waals surface area contributed by atoms with Gasteiger partial charge in [0.15, 0.2) is 11.6 Å². The van der Waals surface area contributed by atoms with Gasteiger partial charge in [-0.15, -0.1) is 0 Å². The van der Waals surface area contributed by atoms with Crippen LogP contribution < -0.4 is 10.5 Å². The monoisotopic (exact) mass is 278 g/mol. The number of halogens is 1. The van der Waals surface area contributed by atoms with Gasteiger partial charge in [0.05, 0.1) is 7.11 Å². The van der Waals surface area contributed by atoms with Gasteiger partial charge in [-0.3, -0.25) is 4.79 Å². The van der Waals surface area contributed by atoms with Gasteiger partial charge >= 0.3 is 0 Å². The standard InChI is InChI=1S/C15H19FN2O2/c1-20-14-6-9(2-4-12(14)16)15(19)18-7-10-3-5-13(17)11(10)8-18/h2,4,6,10-11,13H,3,5,7-8,17H2,1H3. The molecule has 0 bridgehead atoms. The Morgan fingerprint density at radius 2 is 2.20 bits per heavy atom. The van der Waals surface area contributed by atoms with Crippen molar-refractivity contribution in [2.45, 2.75) is 18.9 Å². The van der Waals surface area contributed by atoms with Crippen molar-refractivity contribution < 1.29 is 13.9 Å². The second kappa shape index (κ2) is 5.05. The molecule has 1 aromatic rings. The highest BCUT2D eigenvalue weighted by Gasteiger charge is 2.42. The summed E-state index contributed by atoms with van der Waals surface area (Å²) in [4.78, 5) is 14.3. The van der Waals surface area contributed by atoms with Crippen LogP contribution in [-0.4, -0.2) is 37.0 Å². The lowest BCUT2D eigenvalue weighted by molar-refractivity contribution is 0.0779. The van der Waals surface area contributed by atoms with Gasteiger partial charge in [0.2, 0.25) is 0 Å². The zero-order valence-electron chi connectivity index (χ0n) is 11.5. The summed E-state index contributed by atoms with van der Waals surface area (Å²) in [5.41, 5.74) is 6.55. The van der Waals surface area contributed by atoms with E-state index >= 15 is 0 Å². The molecule has 1 saturated carbocycles. The number of hydrogen-bond acceptors (Lipinski definition) is 3. The average Bonchev–Trinajstić information content (AvgIpc) is 3.01. The quantitative estimate of drug-likeness (QED) is 0.895. The van der Waals surface area contributed by atoms with E-state index in [-0.39, 0.29) is 17.7 Å². The molecule has 2 aliphatic rings. The van der Waals surface area contributed by atoms with Crippen molar-refractivity contribution in [1.82, 2.24) is 4.90 Å². The van der Waals surface area contributed by atoms with E-state index in [4.69, 9.17) is 10.5 Å². The summed E-state index contributed by atoms with van der Waals surface area (Å²) < 4.78 is 18.3. The summed E-state index contributed by atoms with van der Waals surface area (Å²) in [6.45, 7) is 1.47. The molecule has 1 amide bonds. The molecule has 1 aliphatic heterocycles. The van der Waals surface area contributed by atoms with Crippen molar-refractivity contribution >= 4 is 5.91 Å². The Labute approximate surface area is 117 Å². The van der Waals surface area contributed by atoms with Crippen molar-refractivity contribution in [3.63, 3.8) is 0 Å². The molecule has 3 unspecified atom stereocenters. The van der Waals surface area contributed by atoms with Crippen LogP contribution in [0.5, 0.6) is 5.75 Å². The molecule has 0 aromatic heterocycles. The lowest BCUT2D eigenvalue weighted by Crippen LogP contribution is -2.33. The number of carbonyl (C=O) groups is 1. The summed E-state index contributed by atoms with van der Waals surface area (Å²) >= 11 is 0. The fourth-order valence-corrected chi connectivity index (χ4v) is 3.45. The molecule has 1 saturated heterocycles. The first-order chi connectivity index (χ1) is 9.60. The third-order valence-corrected chi connectivity index (χ3v) is 4.60. The Morgan fingerprint density at radius 1 is 1.40 bits per heavy atom. The van der Waals surface area contributed by atoms with Crippen LogP contribution in [-0.2, 0) is 0 Å². The molecule has 5 heteroatoms. The second-order valence-corrected chi connectivity index (χ2v) is 5.72. The topological polar surface area (TPSA) is 55.6 Å². The van der Waals surface area contributed by atoms with Gasteiger partial charge in [0.1, 0.15) is 0 Å². The van der Waals surface area contributed by atoms with Gasteiger partial charge in [-0.2, -0.15) is 0 Å². The number of ether oxygens (including phenoxy) is 1. The van der Waals surface area contributed by atoms with Crippen molar-refractivity contribution in [2.24, 2.45) is 17.6 Å². The van der Waals surface area contributed by atoms with Crippen LogP contribution >= 0.6 is 0 Å². The van der Waals surface area contributed by atoms with E-state index in [1.165, 1.54) is 25.3 Å². The first kappa shape index (κ1) is 13.4. The minimum atomic E-state index is -0.454. The van der Waals surface area contributed by atoms with Crippen LogP contribution in [0.1, 0.15) is 23.2 Å². The third-order valence-electron chi connectivity index (χ3n) is 4.60. The van der Waals surface area contributed by atoms with E-state index in [1.807, 2.05) is 4.90 Å². The second-order valence-electron chi connectivity index (χ2n) is 5.72. The maximum Gasteiger partial charge on any atom is 0.254 e. The van der Waals surface area contributed by atoms with Crippen LogP contribution in [0.2, 0.25) is 0 Å². The van der Waals surface area contributed by atoms with Gasteiger partial charge in [-0.1, -0.05) is 0 Å². The Morgan fingerprint density at radius 3 is 2.90 bits per heavy atom. The fourth-order valence-electron chi connectivity index (χ4n) is 3.45. The highest BCUT2D eigenvalue weighted by molar-refractivity contribution is 5.94. The van der Waals surface area contributed by atoms with Crippen molar-refractivity contribution in [2.75, 3.05) is 20.2 Å². The molecule has 4 nitrogen and oxygen atoms in total. The van der Waals surface area contributed by atoms with E-state index in [0.717, 1.165) is 19.4 Å². The zero-order valence-corrected chi connectivity index (χ0v) is 11.5. The third kappa shape index (κ3) is 2.16. The minimum absolute atomic E-state index is 0.0649. The lowest BCUT2D eigenvalue weighted by Gasteiger charge is -2.19. The molecule has 1 heterocycles. The lowest BCUT2D eigenvalue weighted by atomic mass is 9.98. The molecule has 20 heavy (non-hydrogen) atoms. The number of likely N-dealkylation sites (tertiary alicyclic amines) is 1. The van der Waals surface area contributed by atoms with E-state index in [1.54, 1.807) is 0 Å². The van der Waals surface area contributed by atoms with Crippen LogP contribution in [0.4, 0.5) is 4.39 Å². The molecular weight excluding hydrogens is 259 g/mol. The molecular formula is C15H19FN2O2. The van der Waals surface area contributed by atoms with Crippen LogP contribution in [0.3, 0.4) is 0 Å². The Balaban J connectivity index is 1.77. The molecule has 1 aromatic carbocycles. The molecule has 2 N–H and O–H groups in total. The summed E-state index contributed by atoms with van der Waals surface area (Å²) in [5.74, 6) is 0.527. The maximum absolute atomic E-state index is 13.4. The van der Waals surface area contributed by atoms with Gasteiger partial charge in [0, 0.05) is 24.7 Å². The summed E-state index contributed by atoms with van der Waals surface area (Å²) in [5, 5.41) is 0. The molecule has 108 valence electrons. The molecule has 3 atom stereocenters. The first-order valence-corrected chi connectivity index (χ1v) is 6.98. The summed E-state index contributed by atoms with van der Waals surface area (Å²) in [6, 6.07) is 4.45. The highest BCUT2D eigenvalue weighted by Crippen LogP contribution is 2.37. The number of nitrogens with two attached hydrogens (primary N) is 1. The number of rotatable bonds is 2. The van der Waals surface area contributed by atoms with Crippen molar-refractivity contribution in [3.8, 4) is 5.75 Å². The molecule has 2 fully saturated rings. The Kier molecular flexibility index (Phi) is 3.38. The number of benzene rings is 1.